The zero-order chi connectivity index (χ0) is 20.2. The van der Waals surface area contributed by atoms with Crippen LogP contribution >= 0.6 is 0 Å². The average Bonchev–Trinajstić information content (AvgIpc) is 3.39. The number of aromatic amines is 1. The number of esters is 1. The van der Waals surface area contributed by atoms with Gasteiger partial charge in [-0.1, -0.05) is 24.3 Å². The van der Waals surface area contributed by atoms with Crippen LogP contribution in [0, 0.1) is 11.3 Å². The Morgan fingerprint density at radius 1 is 1.17 bits per heavy atom. The lowest BCUT2D eigenvalue weighted by Crippen LogP contribution is -2.03. The number of hydrogen-bond acceptors (Lipinski definition) is 5. The second-order valence-electron chi connectivity index (χ2n) is 6.27. The molecule has 2 heterocycles. The first-order valence-corrected chi connectivity index (χ1v) is 9.12. The van der Waals surface area contributed by atoms with E-state index in [0.717, 1.165) is 16.6 Å². The second-order valence-corrected chi connectivity index (χ2v) is 6.27. The van der Waals surface area contributed by atoms with Gasteiger partial charge in [-0.15, -0.1) is 0 Å². The minimum absolute atomic E-state index is 0.334. The average molecular weight is 383 g/mol. The van der Waals surface area contributed by atoms with E-state index < -0.39 is 0 Å². The third-order valence-electron chi connectivity index (χ3n) is 4.36. The van der Waals surface area contributed by atoms with Crippen molar-refractivity contribution in [3.8, 4) is 17.4 Å². The lowest BCUT2D eigenvalue weighted by Gasteiger charge is -2.02. The van der Waals surface area contributed by atoms with E-state index in [1.54, 1.807) is 43.3 Å². The fraction of sp³-hybridized carbons (Fsp3) is 0.0870. The first kappa shape index (κ1) is 18.3. The Morgan fingerprint density at radius 2 is 1.97 bits per heavy atom. The summed E-state index contributed by atoms with van der Waals surface area (Å²) in [4.78, 5) is 19.4. The molecule has 2 aromatic heterocycles. The van der Waals surface area contributed by atoms with Gasteiger partial charge in [0.25, 0.3) is 0 Å². The summed E-state index contributed by atoms with van der Waals surface area (Å²) in [7, 11) is 0. The number of ether oxygens (including phenoxy) is 1. The fourth-order valence-electron chi connectivity index (χ4n) is 2.95. The first-order chi connectivity index (χ1) is 14.2. The predicted octanol–water partition coefficient (Wildman–Crippen LogP) is 5.06. The van der Waals surface area contributed by atoms with E-state index >= 15 is 0 Å². The second kappa shape index (κ2) is 7.87. The molecule has 0 spiro atoms. The van der Waals surface area contributed by atoms with Crippen molar-refractivity contribution in [2.45, 2.75) is 6.92 Å². The van der Waals surface area contributed by atoms with Crippen molar-refractivity contribution in [2.24, 2.45) is 0 Å². The Bertz CT molecular complexity index is 1210. The van der Waals surface area contributed by atoms with Gasteiger partial charge in [0.1, 0.15) is 23.4 Å². The number of imidazole rings is 1. The van der Waals surface area contributed by atoms with Crippen LogP contribution in [0.1, 0.15) is 28.9 Å². The van der Waals surface area contributed by atoms with Gasteiger partial charge in [0.15, 0.2) is 0 Å². The highest BCUT2D eigenvalue weighted by atomic mass is 16.5. The number of benzene rings is 2. The van der Waals surface area contributed by atoms with Crippen molar-refractivity contribution >= 4 is 28.7 Å². The zero-order valence-corrected chi connectivity index (χ0v) is 15.7. The molecule has 0 radical (unpaired) electrons. The number of hydrogen-bond donors (Lipinski definition) is 1. The third-order valence-corrected chi connectivity index (χ3v) is 4.36. The van der Waals surface area contributed by atoms with E-state index in [1.165, 1.54) is 0 Å². The van der Waals surface area contributed by atoms with Crippen molar-refractivity contribution < 1.29 is 13.9 Å². The maximum Gasteiger partial charge on any atom is 0.338 e. The zero-order valence-electron chi connectivity index (χ0n) is 15.7. The quantitative estimate of drug-likeness (QED) is 0.384. The van der Waals surface area contributed by atoms with Crippen molar-refractivity contribution in [1.82, 2.24) is 9.97 Å². The molecule has 142 valence electrons. The lowest BCUT2D eigenvalue weighted by molar-refractivity contribution is 0.0526. The van der Waals surface area contributed by atoms with Crippen LogP contribution < -0.4 is 0 Å². The molecule has 0 amide bonds. The first-order valence-electron chi connectivity index (χ1n) is 9.12. The molecule has 29 heavy (non-hydrogen) atoms. The molecule has 0 aliphatic heterocycles. The number of nitriles is 1. The molecule has 6 heteroatoms. The Kier molecular flexibility index (Phi) is 4.95. The molecule has 0 saturated heterocycles. The summed E-state index contributed by atoms with van der Waals surface area (Å²) in [5, 5.41) is 9.55. The van der Waals surface area contributed by atoms with Gasteiger partial charge in [-0.05, 0) is 43.3 Å². The topological polar surface area (TPSA) is 91.9 Å². The highest BCUT2D eigenvalue weighted by molar-refractivity contribution is 5.90. The van der Waals surface area contributed by atoms with E-state index in [2.05, 4.69) is 16.0 Å². The molecule has 0 unspecified atom stereocenters. The Hall–Kier alpha value is -4.11. The number of fused-ring (bicyclic) bond motifs is 1. The van der Waals surface area contributed by atoms with Gasteiger partial charge in [0.2, 0.25) is 0 Å². The van der Waals surface area contributed by atoms with Crippen molar-refractivity contribution in [3.63, 3.8) is 0 Å². The predicted molar refractivity (Wildman–Crippen MR) is 110 cm³/mol. The SMILES string of the molecule is CCOC(=O)c1ccc(-c2ccc(C=C(C#N)c3nc4ccccc4[nH]3)o2)cc1. The molecular weight excluding hydrogens is 366 g/mol. The summed E-state index contributed by atoms with van der Waals surface area (Å²) in [6, 6.07) is 20.3. The highest BCUT2D eigenvalue weighted by Gasteiger charge is 2.11. The fourth-order valence-corrected chi connectivity index (χ4v) is 2.95. The standard InChI is InChI=1S/C23H17N3O3/c1-2-28-23(27)16-9-7-15(8-10-16)21-12-11-18(29-21)13-17(14-24)22-25-19-5-3-4-6-20(19)26-22/h3-13H,2H2,1H3,(H,25,26). The smallest absolute Gasteiger partial charge is 0.338 e. The molecular formula is C23H17N3O3. The Morgan fingerprint density at radius 3 is 2.69 bits per heavy atom. The van der Waals surface area contributed by atoms with Crippen LogP contribution in [-0.2, 0) is 4.74 Å². The van der Waals surface area contributed by atoms with E-state index in [-0.39, 0.29) is 5.97 Å². The van der Waals surface area contributed by atoms with Crippen LogP contribution in [0.4, 0.5) is 0 Å². The number of para-hydroxylation sites is 2. The van der Waals surface area contributed by atoms with E-state index in [9.17, 15) is 10.1 Å². The molecule has 0 fully saturated rings. The lowest BCUT2D eigenvalue weighted by atomic mass is 10.1. The Balaban J connectivity index is 1.59. The monoisotopic (exact) mass is 383 g/mol. The van der Waals surface area contributed by atoms with Crippen LogP contribution in [0.5, 0.6) is 0 Å². The maximum atomic E-state index is 11.8. The summed E-state index contributed by atoms with van der Waals surface area (Å²) in [6.07, 6.45) is 1.65. The number of furan rings is 1. The highest BCUT2D eigenvalue weighted by Crippen LogP contribution is 2.26. The molecule has 1 N–H and O–H groups in total. The third kappa shape index (κ3) is 3.80. The largest absolute Gasteiger partial charge is 0.462 e. The van der Waals surface area contributed by atoms with Gasteiger partial charge < -0.3 is 14.1 Å². The van der Waals surface area contributed by atoms with Gasteiger partial charge in [-0.2, -0.15) is 5.26 Å². The van der Waals surface area contributed by atoms with Crippen LogP contribution in [0.15, 0.2) is 65.1 Å². The number of aromatic nitrogens is 2. The van der Waals surface area contributed by atoms with Crippen molar-refractivity contribution in [2.75, 3.05) is 6.61 Å². The van der Waals surface area contributed by atoms with E-state index in [0.29, 0.717) is 35.1 Å². The molecule has 4 aromatic rings. The number of nitrogens with zero attached hydrogens (tertiary/aromatic N) is 2. The summed E-state index contributed by atoms with van der Waals surface area (Å²) >= 11 is 0. The minimum atomic E-state index is -0.355. The van der Waals surface area contributed by atoms with Crippen LogP contribution in [0.25, 0.3) is 34.0 Å². The summed E-state index contributed by atoms with van der Waals surface area (Å²) in [5.74, 6) is 1.30. The molecule has 0 saturated carbocycles. The molecule has 0 aliphatic rings. The molecule has 0 atom stereocenters. The molecule has 6 nitrogen and oxygen atoms in total. The summed E-state index contributed by atoms with van der Waals surface area (Å²) in [5.41, 5.74) is 3.34. The number of nitrogens with one attached hydrogen (secondary N) is 1. The van der Waals surface area contributed by atoms with E-state index in [1.807, 2.05) is 30.3 Å². The van der Waals surface area contributed by atoms with Crippen LogP contribution in [0.3, 0.4) is 0 Å². The van der Waals surface area contributed by atoms with E-state index in [4.69, 9.17) is 9.15 Å². The summed E-state index contributed by atoms with van der Waals surface area (Å²) in [6.45, 7) is 2.10. The number of H-pyrrole nitrogens is 1. The summed E-state index contributed by atoms with van der Waals surface area (Å²) < 4.78 is 10.8. The number of allylic oxidation sites excluding steroid dienone is 1. The van der Waals surface area contributed by atoms with Crippen LogP contribution in [-0.4, -0.2) is 22.5 Å². The van der Waals surface area contributed by atoms with Gasteiger partial charge in [0.05, 0.1) is 28.8 Å². The number of carbonyl (C=O) groups is 1. The number of rotatable bonds is 5. The molecule has 4 rings (SSSR count). The van der Waals surface area contributed by atoms with Crippen molar-refractivity contribution in [1.29, 1.82) is 5.26 Å². The minimum Gasteiger partial charge on any atom is -0.462 e. The maximum absolute atomic E-state index is 11.8. The van der Waals surface area contributed by atoms with Crippen LogP contribution in [0.2, 0.25) is 0 Å². The van der Waals surface area contributed by atoms with Gasteiger partial charge >= 0.3 is 5.97 Å². The Labute approximate surface area is 167 Å². The van der Waals surface area contributed by atoms with Crippen molar-refractivity contribution in [3.05, 3.63) is 77.8 Å². The van der Waals surface area contributed by atoms with Gasteiger partial charge in [0, 0.05) is 11.6 Å². The molecule has 2 aromatic carbocycles. The number of carbonyl (C=O) groups excluding carboxylic acids is 1. The van der Waals surface area contributed by atoms with Gasteiger partial charge in [-0.25, -0.2) is 9.78 Å². The van der Waals surface area contributed by atoms with Gasteiger partial charge in [-0.3, -0.25) is 0 Å². The molecule has 0 aliphatic carbocycles. The normalized spacial score (nSPS) is 11.4. The molecule has 0 bridgehead atoms.